The molecule has 0 fully saturated rings. The molecule has 0 radical (unpaired) electrons. The number of hydrogen-bond donors (Lipinski definition) is 1. The van der Waals surface area contributed by atoms with Gasteiger partial charge in [0.15, 0.2) is 0 Å². The van der Waals surface area contributed by atoms with Crippen molar-refractivity contribution in [1.82, 2.24) is 15.2 Å². The van der Waals surface area contributed by atoms with Gasteiger partial charge in [0.1, 0.15) is 0 Å². The van der Waals surface area contributed by atoms with Crippen LogP contribution in [0.1, 0.15) is 5.56 Å². The van der Waals surface area contributed by atoms with E-state index in [0.717, 1.165) is 22.9 Å². The van der Waals surface area contributed by atoms with Crippen molar-refractivity contribution in [2.45, 2.75) is 12.1 Å². The van der Waals surface area contributed by atoms with E-state index in [4.69, 9.17) is 16.0 Å². The molecule has 0 spiro atoms. The Labute approximate surface area is 147 Å². The number of nitrogens with one attached hydrogen (secondary N) is 1. The summed E-state index contributed by atoms with van der Waals surface area (Å²) >= 11 is 7.22. The van der Waals surface area contributed by atoms with Gasteiger partial charge in [-0.25, -0.2) is 0 Å². The lowest BCUT2D eigenvalue weighted by atomic mass is 10.2. The molecule has 0 aliphatic carbocycles. The molecule has 8 heteroatoms. The van der Waals surface area contributed by atoms with Gasteiger partial charge in [-0.05, 0) is 36.8 Å². The van der Waals surface area contributed by atoms with Crippen LogP contribution in [0.5, 0.6) is 0 Å². The molecule has 0 aliphatic heterocycles. The quantitative estimate of drug-likeness (QED) is 0.696. The van der Waals surface area contributed by atoms with Crippen LogP contribution in [-0.4, -0.2) is 26.8 Å². The molecule has 2 heterocycles. The molecule has 1 amide bonds. The molecule has 0 saturated carbocycles. The molecular weight excluding hydrogens is 348 g/mol. The van der Waals surface area contributed by atoms with Gasteiger partial charge in [-0.2, -0.15) is 0 Å². The highest BCUT2D eigenvalue weighted by molar-refractivity contribution is 7.99. The fraction of sp³-hybridized carbons (Fsp3) is 0.125. The molecule has 0 unspecified atom stereocenters. The maximum atomic E-state index is 12.0. The Morgan fingerprint density at radius 3 is 3.00 bits per heavy atom. The predicted molar refractivity (Wildman–Crippen MR) is 93.1 cm³/mol. The molecular formula is C16H13ClN4O2S. The Morgan fingerprint density at radius 1 is 1.33 bits per heavy atom. The van der Waals surface area contributed by atoms with Crippen LogP contribution in [0.25, 0.3) is 11.5 Å². The maximum Gasteiger partial charge on any atom is 0.277 e. The minimum atomic E-state index is -0.200. The third-order valence-electron chi connectivity index (χ3n) is 3.04. The number of aryl methyl sites for hydroxylation is 1. The molecule has 24 heavy (non-hydrogen) atoms. The van der Waals surface area contributed by atoms with Crippen molar-refractivity contribution in [1.29, 1.82) is 0 Å². The zero-order valence-electron chi connectivity index (χ0n) is 12.7. The number of benzene rings is 1. The molecule has 0 atom stereocenters. The van der Waals surface area contributed by atoms with Crippen LogP contribution in [-0.2, 0) is 4.79 Å². The smallest absolute Gasteiger partial charge is 0.277 e. The van der Waals surface area contributed by atoms with E-state index < -0.39 is 0 Å². The lowest BCUT2D eigenvalue weighted by Gasteiger charge is -2.07. The largest absolute Gasteiger partial charge is 0.411 e. The highest BCUT2D eigenvalue weighted by Crippen LogP contribution is 2.25. The topological polar surface area (TPSA) is 80.9 Å². The lowest BCUT2D eigenvalue weighted by Crippen LogP contribution is -2.14. The zero-order chi connectivity index (χ0) is 16.9. The first kappa shape index (κ1) is 16.5. The molecule has 2 aromatic heterocycles. The monoisotopic (exact) mass is 360 g/mol. The minimum absolute atomic E-state index is 0.138. The van der Waals surface area contributed by atoms with Gasteiger partial charge in [0.2, 0.25) is 11.8 Å². The van der Waals surface area contributed by atoms with Gasteiger partial charge in [0.05, 0.1) is 22.0 Å². The highest BCUT2D eigenvalue weighted by Gasteiger charge is 2.12. The summed E-state index contributed by atoms with van der Waals surface area (Å²) in [4.78, 5) is 16.0. The average Bonchev–Trinajstić information content (AvgIpc) is 3.06. The second-order valence-corrected chi connectivity index (χ2v) is 6.27. The number of amides is 1. The molecule has 3 rings (SSSR count). The number of halogens is 1. The number of nitrogens with zero attached hydrogens (tertiary/aromatic N) is 3. The Kier molecular flexibility index (Phi) is 5.12. The van der Waals surface area contributed by atoms with Crippen LogP contribution in [0.4, 0.5) is 5.69 Å². The van der Waals surface area contributed by atoms with Crippen molar-refractivity contribution in [2.75, 3.05) is 11.1 Å². The maximum absolute atomic E-state index is 12.0. The van der Waals surface area contributed by atoms with E-state index in [0.29, 0.717) is 21.8 Å². The van der Waals surface area contributed by atoms with E-state index in [1.165, 1.54) is 0 Å². The lowest BCUT2D eigenvalue weighted by molar-refractivity contribution is -0.113. The Balaban J connectivity index is 1.59. The van der Waals surface area contributed by atoms with E-state index in [1.807, 2.05) is 25.1 Å². The van der Waals surface area contributed by atoms with Crippen LogP contribution >= 0.6 is 23.4 Å². The first-order valence-corrected chi connectivity index (χ1v) is 8.41. The van der Waals surface area contributed by atoms with Crippen LogP contribution in [0.2, 0.25) is 5.02 Å². The van der Waals surface area contributed by atoms with Crippen LogP contribution in [0, 0.1) is 6.92 Å². The fourth-order valence-electron chi connectivity index (χ4n) is 1.92. The van der Waals surface area contributed by atoms with E-state index >= 15 is 0 Å². The number of anilines is 1. The second-order valence-electron chi connectivity index (χ2n) is 4.93. The number of thioether (sulfide) groups is 1. The van der Waals surface area contributed by atoms with Gasteiger partial charge in [-0.3, -0.25) is 9.78 Å². The summed E-state index contributed by atoms with van der Waals surface area (Å²) in [5.41, 5.74) is 2.33. The molecule has 122 valence electrons. The summed E-state index contributed by atoms with van der Waals surface area (Å²) in [5, 5.41) is 11.4. The molecule has 0 saturated heterocycles. The van der Waals surface area contributed by atoms with E-state index in [2.05, 4.69) is 20.5 Å². The molecule has 1 aromatic carbocycles. The van der Waals surface area contributed by atoms with Gasteiger partial charge in [0, 0.05) is 12.4 Å². The van der Waals surface area contributed by atoms with Crippen LogP contribution in [0.3, 0.4) is 0 Å². The van der Waals surface area contributed by atoms with Gasteiger partial charge in [-0.1, -0.05) is 29.4 Å². The summed E-state index contributed by atoms with van der Waals surface area (Å²) in [5.74, 6) is 0.306. The van der Waals surface area contributed by atoms with Crippen molar-refractivity contribution in [2.24, 2.45) is 0 Å². The number of aromatic nitrogens is 3. The zero-order valence-corrected chi connectivity index (χ0v) is 14.3. The standard InChI is InChI=1S/C16H13ClN4O2S/c1-10-4-5-12(17)13(7-10)19-14(22)9-24-16-21-20-15(23-16)11-3-2-6-18-8-11/h2-8H,9H2,1H3,(H,19,22). The first-order chi connectivity index (χ1) is 11.6. The number of carbonyl (C=O) groups is 1. The van der Waals surface area contributed by atoms with Gasteiger partial charge in [0.25, 0.3) is 5.22 Å². The molecule has 1 N–H and O–H groups in total. The van der Waals surface area contributed by atoms with Crippen molar-refractivity contribution in [3.8, 4) is 11.5 Å². The van der Waals surface area contributed by atoms with E-state index in [-0.39, 0.29) is 11.7 Å². The number of pyridine rings is 1. The Hall–Kier alpha value is -2.38. The first-order valence-electron chi connectivity index (χ1n) is 7.04. The van der Waals surface area contributed by atoms with Gasteiger partial charge >= 0.3 is 0 Å². The van der Waals surface area contributed by atoms with E-state index in [1.54, 1.807) is 24.5 Å². The van der Waals surface area contributed by atoms with Crippen molar-refractivity contribution in [3.63, 3.8) is 0 Å². The number of rotatable bonds is 5. The second kappa shape index (κ2) is 7.46. The Morgan fingerprint density at radius 2 is 2.21 bits per heavy atom. The van der Waals surface area contributed by atoms with Crippen molar-refractivity contribution >= 4 is 35.0 Å². The van der Waals surface area contributed by atoms with Gasteiger partial charge < -0.3 is 9.73 Å². The molecule has 6 nitrogen and oxygen atoms in total. The van der Waals surface area contributed by atoms with Crippen molar-refractivity contribution in [3.05, 3.63) is 53.3 Å². The third-order valence-corrected chi connectivity index (χ3v) is 4.19. The summed E-state index contributed by atoms with van der Waals surface area (Å²) < 4.78 is 5.51. The predicted octanol–water partition coefficient (Wildman–Crippen LogP) is 3.82. The SMILES string of the molecule is Cc1ccc(Cl)c(NC(=O)CSc2nnc(-c3cccnc3)o2)c1. The normalized spacial score (nSPS) is 10.6. The summed E-state index contributed by atoms with van der Waals surface area (Å²) in [6, 6.07) is 9.05. The van der Waals surface area contributed by atoms with Crippen molar-refractivity contribution < 1.29 is 9.21 Å². The van der Waals surface area contributed by atoms with Crippen LogP contribution in [0.15, 0.2) is 52.4 Å². The number of carbonyl (C=O) groups excluding carboxylic acids is 1. The average molecular weight is 361 g/mol. The van der Waals surface area contributed by atoms with Gasteiger partial charge in [-0.15, -0.1) is 10.2 Å². The minimum Gasteiger partial charge on any atom is -0.411 e. The highest BCUT2D eigenvalue weighted by atomic mass is 35.5. The van der Waals surface area contributed by atoms with E-state index in [9.17, 15) is 4.79 Å². The molecule has 0 aliphatic rings. The summed E-state index contributed by atoms with van der Waals surface area (Å²) in [7, 11) is 0. The molecule has 3 aromatic rings. The third kappa shape index (κ3) is 4.12. The Bertz CT molecular complexity index is 854. The molecule has 0 bridgehead atoms. The fourth-order valence-corrected chi connectivity index (χ4v) is 2.65. The number of hydrogen-bond acceptors (Lipinski definition) is 6. The summed E-state index contributed by atoms with van der Waals surface area (Å²) in [6.07, 6.45) is 3.30. The van der Waals surface area contributed by atoms with Crippen LogP contribution < -0.4 is 5.32 Å². The summed E-state index contributed by atoms with van der Waals surface area (Å²) in [6.45, 7) is 1.93.